The number of carbonyl (C=O) groups is 1. The predicted molar refractivity (Wildman–Crippen MR) is 56.7 cm³/mol. The molecule has 1 saturated heterocycles. The van der Waals surface area contributed by atoms with E-state index in [4.69, 9.17) is 9.47 Å². The Balaban J connectivity index is 1.58. The maximum Gasteiger partial charge on any atom is 0.163 e. The largest absolute Gasteiger partial charge is 0.381 e. The quantitative estimate of drug-likeness (QED) is 0.697. The molecular weight excluding hydrogens is 192 g/mol. The lowest BCUT2D eigenvalue weighted by molar-refractivity contribution is -0.127. The number of rotatable bonds is 5. The van der Waals surface area contributed by atoms with Crippen molar-refractivity contribution in [3.05, 3.63) is 0 Å². The van der Waals surface area contributed by atoms with Crippen molar-refractivity contribution in [2.75, 3.05) is 26.4 Å². The van der Waals surface area contributed by atoms with Crippen LogP contribution in [0.25, 0.3) is 0 Å². The first-order chi connectivity index (χ1) is 7.36. The predicted octanol–water partition coefficient (Wildman–Crippen LogP) is 1.80. The van der Waals surface area contributed by atoms with Gasteiger partial charge in [0, 0.05) is 19.1 Å². The third-order valence-corrected chi connectivity index (χ3v) is 3.46. The third-order valence-electron chi connectivity index (χ3n) is 3.46. The summed E-state index contributed by atoms with van der Waals surface area (Å²) in [6.45, 7) is 2.41. The van der Waals surface area contributed by atoms with E-state index < -0.39 is 0 Å². The van der Waals surface area contributed by atoms with Crippen LogP contribution in [0.1, 0.15) is 32.1 Å². The molecule has 0 radical (unpaired) electrons. The molecule has 1 unspecified atom stereocenters. The maximum atomic E-state index is 11.6. The Kier molecular flexibility index (Phi) is 4.15. The van der Waals surface area contributed by atoms with Crippen LogP contribution < -0.4 is 0 Å². The smallest absolute Gasteiger partial charge is 0.163 e. The molecule has 2 aliphatic rings. The fourth-order valence-electron chi connectivity index (χ4n) is 2.41. The van der Waals surface area contributed by atoms with Crippen molar-refractivity contribution in [2.45, 2.75) is 32.1 Å². The van der Waals surface area contributed by atoms with E-state index in [-0.39, 0.29) is 11.7 Å². The van der Waals surface area contributed by atoms with E-state index in [0.717, 1.165) is 19.6 Å². The monoisotopic (exact) mass is 212 g/mol. The molecule has 0 aromatic heterocycles. The van der Waals surface area contributed by atoms with E-state index >= 15 is 0 Å². The van der Waals surface area contributed by atoms with E-state index in [2.05, 4.69) is 0 Å². The number of ether oxygens (including phenoxy) is 2. The molecule has 86 valence electrons. The van der Waals surface area contributed by atoms with Crippen LogP contribution in [0.4, 0.5) is 0 Å². The fourth-order valence-corrected chi connectivity index (χ4v) is 2.41. The fraction of sp³-hybridized carbons (Fsp3) is 0.917. The minimum atomic E-state index is 0.105. The van der Waals surface area contributed by atoms with E-state index in [1.165, 1.54) is 25.7 Å². The van der Waals surface area contributed by atoms with Gasteiger partial charge in [0.25, 0.3) is 0 Å². The summed E-state index contributed by atoms with van der Waals surface area (Å²) in [5, 5.41) is 0. The van der Waals surface area contributed by atoms with Gasteiger partial charge in [-0.1, -0.05) is 12.8 Å². The Bertz CT molecular complexity index is 203. The Morgan fingerprint density at radius 3 is 2.73 bits per heavy atom. The molecular formula is C12H20O3. The molecule has 1 aliphatic heterocycles. The molecule has 0 aromatic carbocycles. The first-order valence-corrected chi connectivity index (χ1v) is 6.04. The molecule has 2 rings (SSSR count). The zero-order valence-electron chi connectivity index (χ0n) is 9.24. The molecule has 3 nitrogen and oxygen atoms in total. The summed E-state index contributed by atoms with van der Waals surface area (Å²) < 4.78 is 10.7. The Labute approximate surface area is 91.1 Å². The van der Waals surface area contributed by atoms with Crippen molar-refractivity contribution in [3.8, 4) is 0 Å². The van der Waals surface area contributed by atoms with Gasteiger partial charge in [0.15, 0.2) is 5.78 Å². The second kappa shape index (κ2) is 5.61. The third kappa shape index (κ3) is 3.28. The van der Waals surface area contributed by atoms with Crippen molar-refractivity contribution in [1.82, 2.24) is 0 Å². The zero-order chi connectivity index (χ0) is 10.5. The topological polar surface area (TPSA) is 35.5 Å². The Morgan fingerprint density at radius 1 is 1.27 bits per heavy atom. The van der Waals surface area contributed by atoms with Gasteiger partial charge in [0.05, 0.1) is 6.61 Å². The van der Waals surface area contributed by atoms with Gasteiger partial charge >= 0.3 is 0 Å². The zero-order valence-corrected chi connectivity index (χ0v) is 9.24. The van der Waals surface area contributed by atoms with Gasteiger partial charge in [0.1, 0.15) is 6.61 Å². The molecule has 1 aliphatic carbocycles. The van der Waals surface area contributed by atoms with Gasteiger partial charge in [-0.3, -0.25) is 4.79 Å². The number of Topliss-reactive ketones (excluding diaryl/α,β-unsaturated/α-hetero) is 1. The molecule has 2 fully saturated rings. The summed E-state index contributed by atoms with van der Waals surface area (Å²) in [5.41, 5.74) is 0. The maximum absolute atomic E-state index is 11.6. The van der Waals surface area contributed by atoms with E-state index in [1.807, 2.05) is 0 Å². The van der Waals surface area contributed by atoms with Crippen molar-refractivity contribution in [1.29, 1.82) is 0 Å². The number of hydrogen-bond donors (Lipinski definition) is 0. The SMILES string of the molecule is O=C(COCC1CCCC1)C1CCOC1. The normalized spacial score (nSPS) is 27.3. The summed E-state index contributed by atoms with van der Waals surface area (Å²) in [7, 11) is 0. The highest BCUT2D eigenvalue weighted by molar-refractivity contribution is 5.82. The minimum absolute atomic E-state index is 0.105. The number of hydrogen-bond acceptors (Lipinski definition) is 3. The highest BCUT2D eigenvalue weighted by Gasteiger charge is 2.23. The molecule has 3 heteroatoms. The van der Waals surface area contributed by atoms with Crippen LogP contribution in [0.15, 0.2) is 0 Å². The standard InChI is InChI=1S/C12H20O3/c13-12(11-5-6-14-8-11)9-15-7-10-3-1-2-4-10/h10-11H,1-9H2. The first kappa shape index (κ1) is 11.1. The molecule has 0 N–H and O–H groups in total. The van der Waals surface area contributed by atoms with E-state index in [1.54, 1.807) is 0 Å². The summed E-state index contributed by atoms with van der Waals surface area (Å²) in [4.78, 5) is 11.6. The molecule has 0 spiro atoms. The Hall–Kier alpha value is -0.410. The number of ketones is 1. The van der Waals surface area contributed by atoms with Crippen LogP contribution in [-0.4, -0.2) is 32.2 Å². The highest BCUT2D eigenvalue weighted by atomic mass is 16.5. The minimum Gasteiger partial charge on any atom is -0.381 e. The van der Waals surface area contributed by atoms with Gasteiger partial charge < -0.3 is 9.47 Å². The lowest BCUT2D eigenvalue weighted by Crippen LogP contribution is -2.21. The molecule has 1 heterocycles. The van der Waals surface area contributed by atoms with Crippen molar-refractivity contribution < 1.29 is 14.3 Å². The molecule has 0 bridgehead atoms. The highest BCUT2D eigenvalue weighted by Crippen LogP contribution is 2.24. The van der Waals surface area contributed by atoms with Gasteiger partial charge in [-0.2, -0.15) is 0 Å². The van der Waals surface area contributed by atoms with Crippen LogP contribution in [0.5, 0.6) is 0 Å². The van der Waals surface area contributed by atoms with Gasteiger partial charge in [-0.25, -0.2) is 0 Å². The lowest BCUT2D eigenvalue weighted by Gasteiger charge is -2.11. The van der Waals surface area contributed by atoms with Crippen molar-refractivity contribution >= 4 is 5.78 Å². The molecule has 1 atom stereocenters. The van der Waals surface area contributed by atoms with Gasteiger partial charge in [-0.15, -0.1) is 0 Å². The lowest BCUT2D eigenvalue weighted by atomic mass is 10.0. The summed E-state index contributed by atoms with van der Waals surface area (Å²) in [5.74, 6) is 1.04. The molecule has 0 aromatic rings. The average molecular weight is 212 g/mol. The van der Waals surface area contributed by atoms with E-state index in [9.17, 15) is 4.79 Å². The Morgan fingerprint density at radius 2 is 2.07 bits per heavy atom. The average Bonchev–Trinajstić information content (AvgIpc) is 2.90. The second-order valence-corrected chi connectivity index (χ2v) is 4.69. The van der Waals surface area contributed by atoms with Crippen molar-refractivity contribution in [2.24, 2.45) is 11.8 Å². The summed E-state index contributed by atoms with van der Waals surface area (Å²) in [6, 6.07) is 0. The van der Waals surface area contributed by atoms with Crippen LogP contribution >= 0.6 is 0 Å². The molecule has 0 amide bonds. The first-order valence-electron chi connectivity index (χ1n) is 6.04. The van der Waals surface area contributed by atoms with Crippen LogP contribution in [0.3, 0.4) is 0 Å². The number of carbonyl (C=O) groups excluding carboxylic acids is 1. The van der Waals surface area contributed by atoms with Crippen LogP contribution in [-0.2, 0) is 14.3 Å². The second-order valence-electron chi connectivity index (χ2n) is 4.69. The van der Waals surface area contributed by atoms with Crippen molar-refractivity contribution in [3.63, 3.8) is 0 Å². The summed E-state index contributed by atoms with van der Waals surface area (Å²) >= 11 is 0. The van der Waals surface area contributed by atoms with Gasteiger partial charge in [0.2, 0.25) is 0 Å². The molecule has 1 saturated carbocycles. The molecule has 15 heavy (non-hydrogen) atoms. The van der Waals surface area contributed by atoms with Crippen LogP contribution in [0.2, 0.25) is 0 Å². The van der Waals surface area contributed by atoms with Crippen LogP contribution in [0, 0.1) is 11.8 Å². The van der Waals surface area contributed by atoms with Gasteiger partial charge in [-0.05, 0) is 25.2 Å². The van der Waals surface area contributed by atoms with E-state index in [0.29, 0.717) is 19.1 Å². The summed E-state index contributed by atoms with van der Waals surface area (Å²) in [6.07, 6.45) is 6.10.